The molecule has 1 saturated heterocycles. The molecule has 1 fully saturated rings. The van der Waals surface area contributed by atoms with Crippen molar-refractivity contribution in [3.8, 4) is 5.75 Å². The molecule has 1 aromatic heterocycles. The van der Waals surface area contributed by atoms with Gasteiger partial charge in [0.05, 0.1) is 25.9 Å². The van der Waals surface area contributed by atoms with Crippen molar-refractivity contribution in [3.05, 3.63) is 65.9 Å². The molecule has 0 saturated carbocycles. The minimum Gasteiger partial charge on any atom is -0.497 e. The number of aromatic nitrogens is 1. The standard InChI is InChI=1S/C27H31F2N3O3S/c1-34-19-9-10-24-21(16-19)20(23(29)17-30-24)6-5-11-32-13-12-31(18-25(32)27(33)35-2)14-15-36-26-8-4-3-7-22(26)28/h3-4,7-10,16-17,25H,5-6,11-15,18H2,1-2H3/t25-/m1/s1. The van der Waals surface area contributed by atoms with E-state index in [1.54, 1.807) is 19.2 Å². The molecule has 4 rings (SSSR count). The number of thioether (sulfide) groups is 1. The van der Waals surface area contributed by atoms with E-state index in [-0.39, 0.29) is 23.6 Å². The lowest BCUT2D eigenvalue weighted by molar-refractivity contribution is -0.149. The molecule has 0 unspecified atom stereocenters. The van der Waals surface area contributed by atoms with Crippen molar-refractivity contribution in [1.82, 2.24) is 14.8 Å². The number of nitrogens with zero attached hydrogens (tertiary/aromatic N) is 3. The molecule has 2 heterocycles. The fourth-order valence-electron chi connectivity index (χ4n) is 4.60. The summed E-state index contributed by atoms with van der Waals surface area (Å²) in [5, 5.41) is 0.746. The first-order valence-electron chi connectivity index (χ1n) is 12.0. The fraction of sp³-hybridized carbons (Fsp3) is 0.407. The first-order chi connectivity index (χ1) is 17.5. The van der Waals surface area contributed by atoms with Crippen LogP contribution in [-0.2, 0) is 16.0 Å². The average Bonchev–Trinajstić information content (AvgIpc) is 2.90. The van der Waals surface area contributed by atoms with Crippen molar-refractivity contribution < 1.29 is 23.0 Å². The Hall–Kier alpha value is -2.75. The van der Waals surface area contributed by atoms with Gasteiger partial charge in [0.25, 0.3) is 0 Å². The van der Waals surface area contributed by atoms with Gasteiger partial charge < -0.3 is 9.47 Å². The third-order valence-corrected chi connectivity index (χ3v) is 7.59. The van der Waals surface area contributed by atoms with Crippen molar-refractivity contribution in [2.75, 3.05) is 52.7 Å². The van der Waals surface area contributed by atoms with Gasteiger partial charge in [-0.3, -0.25) is 19.6 Å². The molecule has 0 spiro atoms. The molecule has 9 heteroatoms. The van der Waals surface area contributed by atoms with Gasteiger partial charge >= 0.3 is 5.97 Å². The maximum Gasteiger partial charge on any atom is 0.324 e. The van der Waals surface area contributed by atoms with Gasteiger partial charge in [-0.05, 0) is 55.3 Å². The third kappa shape index (κ3) is 6.32. The summed E-state index contributed by atoms with van der Waals surface area (Å²) < 4.78 is 38.9. The molecular weight excluding hydrogens is 484 g/mol. The van der Waals surface area contributed by atoms with Crippen molar-refractivity contribution >= 4 is 28.6 Å². The van der Waals surface area contributed by atoms with Crippen LogP contribution >= 0.6 is 11.8 Å². The maximum absolute atomic E-state index is 14.7. The largest absolute Gasteiger partial charge is 0.497 e. The molecule has 0 bridgehead atoms. The van der Waals surface area contributed by atoms with E-state index in [0.717, 1.165) is 29.7 Å². The summed E-state index contributed by atoms with van der Waals surface area (Å²) in [5.41, 5.74) is 1.33. The number of carbonyl (C=O) groups is 1. The van der Waals surface area contributed by atoms with Gasteiger partial charge in [-0.1, -0.05) is 12.1 Å². The number of ether oxygens (including phenoxy) is 2. The van der Waals surface area contributed by atoms with E-state index in [0.29, 0.717) is 48.7 Å². The Morgan fingerprint density at radius 3 is 2.72 bits per heavy atom. The number of fused-ring (bicyclic) bond motifs is 1. The minimum absolute atomic E-state index is 0.211. The van der Waals surface area contributed by atoms with Crippen LogP contribution < -0.4 is 4.74 Å². The van der Waals surface area contributed by atoms with Crippen LogP contribution in [0.15, 0.2) is 53.6 Å². The Balaban J connectivity index is 1.35. The Morgan fingerprint density at radius 1 is 1.11 bits per heavy atom. The van der Waals surface area contributed by atoms with Crippen molar-refractivity contribution in [2.24, 2.45) is 0 Å². The number of benzene rings is 2. The summed E-state index contributed by atoms with van der Waals surface area (Å²) in [5.74, 6) is 0.569. The van der Waals surface area contributed by atoms with Crippen LogP contribution in [0.25, 0.3) is 10.9 Å². The lowest BCUT2D eigenvalue weighted by Crippen LogP contribution is -2.57. The van der Waals surface area contributed by atoms with E-state index < -0.39 is 0 Å². The highest BCUT2D eigenvalue weighted by Gasteiger charge is 2.32. The van der Waals surface area contributed by atoms with Gasteiger partial charge in [0, 0.05) is 42.2 Å². The first kappa shape index (κ1) is 26.3. The Morgan fingerprint density at radius 2 is 1.94 bits per heavy atom. The molecule has 1 atom stereocenters. The third-order valence-electron chi connectivity index (χ3n) is 6.56. The Labute approximate surface area is 214 Å². The summed E-state index contributed by atoms with van der Waals surface area (Å²) >= 11 is 1.48. The second-order valence-electron chi connectivity index (χ2n) is 8.73. The number of hydrogen-bond acceptors (Lipinski definition) is 7. The van der Waals surface area contributed by atoms with Crippen LogP contribution in [0.2, 0.25) is 0 Å². The number of carbonyl (C=O) groups excluding carboxylic acids is 1. The van der Waals surface area contributed by atoms with Gasteiger partial charge in [-0.2, -0.15) is 0 Å². The number of piperazine rings is 1. The number of halogens is 2. The number of pyridine rings is 1. The Bertz CT molecular complexity index is 1200. The summed E-state index contributed by atoms with van der Waals surface area (Å²) in [6.45, 7) is 3.45. The summed E-state index contributed by atoms with van der Waals surface area (Å²) in [7, 11) is 2.98. The van der Waals surface area contributed by atoms with Gasteiger partial charge in [0.2, 0.25) is 0 Å². The zero-order valence-electron chi connectivity index (χ0n) is 20.6. The van der Waals surface area contributed by atoms with Crippen LogP contribution in [0.4, 0.5) is 8.78 Å². The highest BCUT2D eigenvalue weighted by Crippen LogP contribution is 2.26. The summed E-state index contributed by atoms with van der Waals surface area (Å²) in [4.78, 5) is 21.7. The molecule has 0 radical (unpaired) electrons. The van der Waals surface area contributed by atoms with E-state index in [9.17, 15) is 13.6 Å². The summed E-state index contributed by atoms with van der Waals surface area (Å²) in [6, 6.07) is 11.8. The van der Waals surface area contributed by atoms with Crippen LogP contribution in [0, 0.1) is 11.6 Å². The average molecular weight is 516 g/mol. The van der Waals surface area contributed by atoms with E-state index in [4.69, 9.17) is 9.47 Å². The van der Waals surface area contributed by atoms with E-state index in [2.05, 4.69) is 14.8 Å². The molecule has 0 aliphatic carbocycles. The zero-order valence-corrected chi connectivity index (χ0v) is 21.4. The Kier molecular flexibility index (Phi) is 9.12. The smallest absolute Gasteiger partial charge is 0.324 e. The number of methoxy groups -OCH3 is 2. The second-order valence-corrected chi connectivity index (χ2v) is 9.86. The van der Waals surface area contributed by atoms with E-state index >= 15 is 0 Å². The first-order valence-corrected chi connectivity index (χ1v) is 13.0. The normalized spacial score (nSPS) is 16.8. The lowest BCUT2D eigenvalue weighted by atomic mass is 10.0. The van der Waals surface area contributed by atoms with Crippen molar-refractivity contribution in [2.45, 2.75) is 23.8 Å². The molecule has 1 aliphatic heterocycles. The molecule has 192 valence electrons. The molecular formula is C27H31F2N3O3S. The molecule has 0 amide bonds. The SMILES string of the molecule is COC(=O)[C@H]1CN(CCSc2ccccc2F)CCN1CCCc1c(F)cnc2ccc(OC)cc12. The predicted octanol–water partition coefficient (Wildman–Crippen LogP) is 4.41. The molecule has 36 heavy (non-hydrogen) atoms. The van der Waals surface area contributed by atoms with Gasteiger partial charge in [0.15, 0.2) is 0 Å². The van der Waals surface area contributed by atoms with E-state index in [1.807, 2.05) is 24.3 Å². The predicted molar refractivity (Wildman–Crippen MR) is 138 cm³/mol. The molecule has 2 aromatic carbocycles. The number of aryl methyl sites for hydroxylation is 1. The molecule has 1 aliphatic rings. The number of hydrogen-bond donors (Lipinski definition) is 0. The molecule has 0 N–H and O–H groups in total. The van der Waals surface area contributed by atoms with Gasteiger partial charge in [-0.15, -0.1) is 11.8 Å². The molecule has 6 nitrogen and oxygen atoms in total. The van der Waals surface area contributed by atoms with Crippen molar-refractivity contribution in [1.29, 1.82) is 0 Å². The van der Waals surface area contributed by atoms with Gasteiger partial charge in [-0.25, -0.2) is 8.78 Å². The number of rotatable bonds is 10. The van der Waals surface area contributed by atoms with Crippen LogP contribution in [0.1, 0.15) is 12.0 Å². The monoisotopic (exact) mass is 515 g/mol. The highest BCUT2D eigenvalue weighted by atomic mass is 32.2. The lowest BCUT2D eigenvalue weighted by Gasteiger charge is -2.40. The van der Waals surface area contributed by atoms with E-state index in [1.165, 1.54) is 31.1 Å². The van der Waals surface area contributed by atoms with Crippen molar-refractivity contribution in [3.63, 3.8) is 0 Å². The van der Waals surface area contributed by atoms with Crippen LogP contribution in [0.3, 0.4) is 0 Å². The fourth-order valence-corrected chi connectivity index (χ4v) is 5.55. The molecule has 3 aromatic rings. The quantitative estimate of drug-likeness (QED) is 0.293. The number of esters is 1. The van der Waals surface area contributed by atoms with Crippen LogP contribution in [-0.4, -0.2) is 79.5 Å². The topological polar surface area (TPSA) is 54.9 Å². The minimum atomic E-state index is -0.388. The second kappa shape index (κ2) is 12.5. The summed E-state index contributed by atoms with van der Waals surface area (Å²) in [6.07, 6.45) is 2.47. The highest BCUT2D eigenvalue weighted by molar-refractivity contribution is 7.99. The zero-order chi connectivity index (χ0) is 25.5. The van der Waals surface area contributed by atoms with Crippen LogP contribution in [0.5, 0.6) is 5.75 Å². The van der Waals surface area contributed by atoms with Gasteiger partial charge in [0.1, 0.15) is 23.4 Å². The maximum atomic E-state index is 14.7.